The van der Waals surface area contributed by atoms with E-state index in [2.05, 4.69) is 16.4 Å². The summed E-state index contributed by atoms with van der Waals surface area (Å²) in [6.45, 7) is 1.45. The van der Waals surface area contributed by atoms with E-state index in [0.717, 1.165) is 5.76 Å². The highest BCUT2D eigenvalue weighted by Gasteiger charge is 2.15. The van der Waals surface area contributed by atoms with Crippen molar-refractivity contribution in [2.75, 3.05) is 11.9 Å². The van der Waals surface area contributed by atoms with Crippen molar-refractivity contribution in [1.82, 2.24) is 9.88 Å². The Morgan fingerprint density at radius 2 is 2.17 bits per heavy atom. The topological polar surface area (TPSA) is 58.4 Å². The highest BCUT2D eigenvalue weighted by atomic mass is 35.5. The van der Waals surface area contributed by atoms with E-state index in [4.69, 9.17) is 16.0 Å². The minimum Gasteiger partial charge on any atom is -0.468 e. The van der Waals surface area contributed by atoms with Gasteiger partial charge in [-0.15, -0.1) is 11.3 Å². The predicted molar refractivity (Wildman–Crippen MR) is 95.0 cm³/mol. The highest BCUT2D eigenvalue weighted by molar-refractivity contribution is 7.09. The van der Waals surface area contributed by atoms with Crippen LogP contribution in [-0.4, -0.2) is 22.3 Å². The van der Waals surface area contributed by atoms with Crippen LogP contribution in [0.1, 0.15) is 10.6 Å². The number of carbonyl (C=O) groups is 1. The van der Waals surface area contributed by atoms with Gasteiger partial charge in [-0.1, -0.05) is 17.7 Å². The van der Waals surface area contributed by atoms with Crippen molar-refractivity contribution in [2.24, 2.45) is 0 Å². The number of hydrogen-bond donors (Lipinski definition) is 1. The minimum atomic E-state index is -0.145. The maximum absolute atomic E-state index is 12.4. The highest BCUT2D eigenvalue weighted by Crippen LogP contribution is 2.18. The third-order valence-corrected chi connectivity index (χ3v) is 4.48. The Kier molecular flexibility index (Phi) is 5.63. The van der Waals surface area contributed by atoms with Gasteiger partial charge < -0.3 is 9.73 Å². The summed E-state index contributed by atoms with van der Waals surface area (Å²) in [7, 11) is 0. The standard InChI is InChI=1S/C17H16ClN3O2S/c18-17-15(6-1-7-19-17)20-16(22)12-21(10-13-4-2-8-23-13)11-14-5-3-9-24-14/h1-9H,10-12H2,(H,20,22). The lowest BCUT2D eigenvalue weighted by molar-refractivity contribution is -0.117. The molecular formula is C17H16ClN3O2S. The van der Waals surface area contributed by atoms with Crippen LogP contribution in [0.5, 0.6) is 0 Å². The second kappa shape index (κ2) is 8.10. The molecule has 0 bridgehead atoms. The van der Waals surface area contributed by atoms with Crippen LogP contribution in [0.25, 0.3) is 0 Å². The molecule has 0 aromatic carbocycles. The lowest BCUT2D eigenvalue weighted by Crippen LogP contribution is -2.32. The molecule has 7 heteroatoms. The van der Waals surface area contributed by atoms with Crippen molar-refractivity contribution in [2.45, 2.75) is 13.1 Å². The van der Waals surface area contributed by atoms with E-state index in [-0.39, 0.29) is 17.6 Å². The average Bonchev–Trinajstić information content (AvgIpc) is 3.23. The van der Waals surface area contributed by atoms with Crippen LogP contribution in [0.3, 0.4) is 0 Å². The summed E-state index contributed by atoms with van der Waals surface area (Å²) in [4.78, 5) is 19.5. The predicted octanol–water partition coefficient (Wildman–Crippen LogP) is 4.03. The van der Waals surface area contributed by atoms with E-state index >= 15 is 0 Å². The summed E-state index contributed by atoms with van der Waals surface area (Å²) in [5, 5.41) is 5.10. The van der Waals surface area contributed by atoms with Gasteiger partial charge in [0.05, 0.1) is 25.0 Å². The average molecular weight is 362 g/mol. The van der Waals surface area contributed by atoms with Crippen LogP contribution in [0.2, 0.25) is 5.15 Å². The molecule has 0 aliphatic rings. The summed E-state index contributed by atoms with van der Waals surface area (Å²) in [6.07, 6.45) is 3.21. The van der Waals surface area contributed by atoms with E-state index in [9.17, 15) is 4.79 Å². The van der Waals surface area contributed by atoms with Gasteiger partial charge in [-0.3, -0.25) is 9.69 Å². The van der Waals surface area contributed by atoms with E-state index in [1.165, 1.54) is 4.88 Å². The van der Waals surface area contributed by atoms with Gasteiger partial charge in [0.25, 0.3) is 0 Å². The van der Waals surface area contributed by atoms with E-state index in [1.807, 2.05) is 28.5 Å². The van der Waals surface area contributed by atoms with Gasteiger partial charge >= 0.3 is 0 Å². The number of thiophene rings is 1. The number of pyridine rings is 1. The zero-order valence-electron chi connectivity index (χ0n) is 12.8. The van der Waals surface area contributed by atoms with E-state index in [0.29, 0.717) is 18.8 Å². The van der Waals surface area contributed by atoms with Crippen molar-refractivity contribution in [1.29, 1.82) is 0 Å². The van der Waals surface area contributed by atoms with Crippen molar-refractivity contribution in [3.05, 3.63) is 70.0 Å². The van der Waals surface area contributed by atoms with E-state index < -0.39 is 0 Å². The zero-order chi connectivity index (χ0) is 16.8. The molecule has 0 saturated carbocycles. The number of furan rings is 1. The number of rotatable bonds is 7. The Balaban J connectivity index is 1.66. The second-order valence-corrected chi connectivity index (χ2v) is 6.58. The van der Waals surface area contributed by atoms with Crippen molar-refractivity contribution in [3.8, 4) is 0 Å². The SMILES string of the molecule is O=C(CN(Cc1ccco1)Cc1cccs1)Nc1cccnc1Cl. The maximum atomic E-state index is 12.4. The Labute approximate surface area is 148 Å². The molecule has 0 fully saturated rings. The number of anilines is 1. The van der Waals surface area contributed by atoms with Crippen LogP contribution >= 0.6 is 22.9 Å². The normalized spacial score (nSPS) is 10.9. The fourth-order valence-corrected chi connectivity index (χ4v) is 3.20. The Hall–Kier alpha value is -2.15. The summed E-state index contributed by atoms with van der Waals surface area (Å²) < 4.78 is 5.40. The van der Waals surface area contributed by atoms with Gasteiger partial charge in [0.1, 0.15) is 5.76 Å². The molecule has 0 unspecified atom stereocenters. The Bertz CT molecular complexity index is 739. The van der Waals surface area contributed by atoms with Gasteiger partial charge in [0.2, 0.25) is 5.91 Å². The van der Waals surface area contributed by atoms with Gasteiger partial charge in [0.15, 0.2) is 5.15 Å². The number of nitrogens with one attached hydrogen (secondary N) is 1. The molecule has 24 heavy (non-hydrogen) atoms. The van der Waals surface area contributed by atoms with Crippen LogP contribution < -0.4 is 5.32 Å². The molecule has 0 aliphatic heterocycles. The van der Waals surface area contributed by atoms with Gasteiger partial charge in [-0.25, -0.2) is 4.98 Å². The maximum Gasteiger partial charge on any atom is 0.238 e. The number of halogens is 1. The molecule has 3 aromatic heterocycles. The zero-order valence-corrected chi connectivity index (χ0v) is 14.4. The molecule has 3 aromatic rings. The molecule has 5 nitrogen and oxygen atoms in total. The quantitative estimate of drug-likeness (QED) is 0.645. The molecule has 1 amide bonds. The molecule has 0 spiro atoms. The van der Waals surface area contributed by atoms with Crippen molar-refractivity contribution in [3.63, 3.8) is 0 Å². The molecule has 1 N–H and O–H groups in total. The van der Waals surface area contributed by atoms with Gasteiger partial charge in [-0.05, 0) is 35.7 Å². The van der Waals surface area contributed by atoms with E-state index in [1.54, 1.807) is 35.9 Å². The lowest BCUT2D eigenvalue weighted by atomic mass is 10.3. The number of aromatic nitrogens is 1. The smallest absolute Gasteiger partial charge is 0.238 e. The third kappa shape index (κ3) is 4.67. The number of nitrogens with zero attached hydrogens (tertiary/aromatic N) is 2. The summed E-state index contributed by atoms with van der Waals surface area (Å²) in [5.74, 6) is 0.673. The fourth-order valence-electron chi connectivity index (χ4n) is 2.29. The largest absolute Gasteiger partial charge is 0.468 e. The molecular weight excluding hydrogens is 346 g/mol. The second-order valence-electron chi connectivity index (χ2n) is 5.19. The third-order valence-electron chi connectivity index (χ3n) is 3.32. The number of amides is 1. The summed E-state index contributed by atoms with van der Waals surface area (Å²) >= 11 is 7.64. The first-order valence-electron chi connectivity index (χ1n) is 7.38. The van der Waals surface area contributed by atoms with Crippen LogP contribution in [-0.2, 0) is 17.9 Å². The molecule has 0 aliphatic carbocycles. The molecule has 0 radical (unpaired) electrons. The molecule has 3 heterocycles. The number of hydrogen-bond acceptors (Lipinski definition) is 5. The van der Waals surface area contributed by atoms with Crippen molar-refractivity contribution >= 4 is 34.5 Å². The lowest BCUT2D eigenvalue weighted by Gasteiger charge is -2.20. The first kappa shape index (κ1) is 16.7. The summed E-state index contributed by atoms with van der Waals surface area (Å²) in [5.41, 5.74) is 0.512. The summed E-state index contributed by atoms with van der Waals surface area (Å²) in [6, 6.07) is 11.2. The molecule has 0 atom stereocenters. The van der Waals surface area contributed by atoms with Gasteiger partial charge in [0, 0.05) is 17.6 Å². The van der Waals surface area contributed by atoms with Crippen LogP contribution in [0.15, 0.2) is 58.7 Å². The first-order valence-corrected chi connectivity index (χ1v) is 8.64. The Morgan fingerprint density at radius 1 is 1.25 bits per heavy atom. The minimum absolute atomic E-state index is 0.145. The monoisotopic (exact) mass is 361 g/mol. The van der Waals surface area contributed by atoms with Crippen LogP contribution in [0.4, 0.5) is 5.69 Å². The van der Waals surface area contributed by atoms with Gasteiger partial charge in [-0.2, -0.15) is 0 Å². The Morgan fingerprint density at radius 3 is 2.88 bits per heavy atom. The number of carbonyl (C=O) groups excluding carboxylic acids is 1. The van der Waals surface area contributed by atoms with Crippen LogP contribution in [0, 0.1) is 0 Å². The fraction of sp³-hybridized carbons (Fsp3) is 0.176. The first-order chi connectivity index (χ1) is 11.7. The molecule has 124 valence electrons. The molecule has 3 rings (SSSR count). The van der Waals surface area contributed by atoms with Crippen molar-refractivity contribution < 1.29 is 9.21 Å². The molecule has 0 saturated heterocycles.